The number of nitrogens with one attached hydrogen (secondary N) is 1. The Labute approximate surface area is 109 Å². The first-order valence-corrected chi connectivity index (χ1v) is 6.71. The maximum atomic E-state index is 5.38. The highest BCUT2D eigenvalue weighted by Crippen LogP contribution is 2.20. The first-order chi connectivity index (χ1) is 8.79. The molecule has 1 aliphatic heterocycles. The van der Waals surface area contributed by atoms with Crippen LogP contribution in [0, 0.1) is 12.8 Å². The molecule has 1 aromatic carbocycles. The standard InChI is InChI=1S/C15H23NO2/c1-12-3-4-15(17-2)14(9-12)11-16-10-13-5-7-18-8-6-13/h3-4,9,13,16H,5-8,10-11H2,1-2H3. The van der Waals surface area contributed by atoms with E-state index >= 15 is 0 Å². The van der Waals surface area contributed by atoms with Crippen molar-refractivity contribution in [2.24, 2.45) is 5.92 Å². The van der Waals surface area contributed by atoms with Crippen LogP contribution in [0.2, 0.25) is 0 Å². The Hall–Kier alpha value is -1.06. The summed E-state index contributed by atoms with van der Waals surface area (Å²) in [7, 11) is 1.73. The molecule has 100 valence electrons. The minimum absolute atomic E-state index is 0.759. The van der Waals surface area contributed by atoms with Gasteiger partial charge in [-0.25, -0.2) is 0 Å². The first-order valence-electron chi connectivity index (χ1n) is 6.71. The minimum Gasteiger partial charge on any atom is -0.496 e. The topological polar surface area (TPSA) is 30.5 Å². The van der Waals surface area contributed by atoms with Crippen molar-refractivity contribution in [1.82, 2.24) is 5.32 Å². The summed E-state index contributed by atoms with van der Waals surface area (Å²) >= 11 is 0. The molecular weight excluding hydrogens is 226 g/mol. The molecule has 0 radical (unpaired) electrons. The van der Waals surface area contributed by atoms with Crippen molar-refractivity contribution in [3.05, 3.63) is 29.3 Å². The summed E-state index contributed by atoms with van der Waals surface area (Å²) in [5.41, 5.74) is 2.52. The Morgan fingerprint density at radius 2 is 2.11 bits per heavy atom. The predicted molar refractivity (Wildman–Crippen MR) is 73.0 cm³/mol. The van der Waals surface area contributed by atoms with Crippen LogP contribution in [0.15, 0.2) is 18.2 Å². The van der Waals surface area contributed by atoms with Gasteiger partial charge in [-0.15, -0.1) is 0 Å². The normalized spacial score (nSPS) is 16.8. The van der Waals surface area contributed by atoms with E-state index in [0.717, 1.165) is 38.0 Å². The fourth-order valence-corrected chi connectivity index (χ4v) is 2.41. The second-order valence-electron chi connectivity index (χ2n) is 5.00. The molecule has 0 bridgehead atoms. The predicted octanol–water partition coefficient (Wildman–Crippen LogP) is 2.52. The zero-order valence-corrected chi connectivity index (χ0v) is 11.4. The molecule has 18 heavy (non-hydrogen) atoms. The van der Waals surface area contributed by atoms with E-state index < -0.39 is 0 Å². The lowest BCUT2D eigenvalue weighted by molar-refractivity contribution is 0.0662. The monoisotopic (exact) mass is 249 g/mol. The van der Waals surface area contributed by atoms with Crippen LogP contribution in [0.1, 0.15) is 24.0 Å². The number of aryl methyl sites for hydroxylation is 1. The van der Waals surface area contributed by atoms with Crippen LogP contribution < -0.4 is 10.1 Å². The zero-order chi connectivity index (χ0) is 12.8. The third-order valence-electron chi connectivity index (χ3n) is 3.53. The van der Waals surface area contributed by atoms with Crippen molar-refractivity contribution < 1.29 is 9.47 Å². The van der Waals surface area contributed by atoms with Gasteiger partial charge in [0.1, 0.15) is 5.75 Å². The Balaban J connectivity index is 1.83. The summed E-state index contributed by atoms with van der Waals surface area (Å²) in [6.07, 6.45) is 2.36. The van der Waals surface area contributed by atoms with E-state index in [2.05, 4.69) is 24.4 Å². The van der Waals surface area contributed by atoms with Gasteiger partial charge in [0.25, 0.3) is 0 Å². The highest BCUT2D eigenvalue weighted by atomic mass is 16.5. The van der Waals surface area contributed by atoms with E-state index in [1.165, 1.54) is 24.0 Å². The number of ether oxygens (including phenoxy) is 2. The van der Waals surface area contributed by atoms with E-state index in [0.29, 0.717) is 0 Å². The van der Waals surface area contributed by atoms with Crippen molar-refractivity contribution in [2.75, 3.05) is 26.9 Å². The van der Waals surface area contributed by atoms with Crippen LogP contribution in [-0.4, -0.2) is 26.9 Å². The lowest BCUT2D eigenvalue weighted by Crippen LogP contribution is -2.27. The van der Waals surface area contributed by atoms with Crippen LogP contribution in [0.25, 0.3) is 0 Å². The molecule has 0 spiro atoms. The number of hydrogen-bond acceptors (Lipinski definition) is 3. The molecule has 1 fully saturated rings. The third kappa shape index (κ3) is 3.72. The largest absolute Gasteiger partial charge is 0.496 e. The SMILES string of the molecule is COc1ccc(C)cc1CNCC1CCOCC1. The Morgan fingerprint density at radius 3 is 2.83 bits per heavy atom. The van der Waals surface area contributed by atoms with Gasteiger partial charge in [0.15, 0.2) is 0 Å². The maximum Gasteiger partial charge on any atom is 0.123 e. The lowest BCUT2D eigenvalue weighted by Gasteiger charge is -2.22. The van der Waals surface area contributed by atoms with Gasteiger partial charge in [-0.2, -0.15) is 0 Å². The quantitative estimate of drug-likeness (QED) is 0.870. The van der Waals surface area contributed by atoms with Crippen molar-refractivity contribution in [2.45, 2.75) is 26.3 Å². The summed E-state index contributed by atoms with van der Waals surface area (Å²) in [6, 6.07) is 6.32. The summed E-state index contributed by atoms with van der Waals surface area (Å²) in [5, 5.41) is 3.54. The highest BCUT2D eigenvalue weighted by molar-refractivity contribution is 5.36. The number of benzene rings is 1. The van der Waals surface area contributed by atoms with Gasteiger partial charge in [0.2, 0.25) is 0 Å². The molecule has 0 atom stereocenters. The molecule has 1 aromatic rings. The molecule has 3 nitrogen and oxygen atoms in total. The van der Waals surface area contributed by atoms with Crippen molar-refractivity contribution >= 4 is 0 Å². The van der Waals surface area contributed by atoms with Gasteiger partial charge >= 0.3 is 0 Å². The van der Waals surface area contributed by atoms with E-state index in [9.17, 15) is 0 Å². The molecule has 2 rings (SSSR count). The van der Waals surface area contributed by atoms with Crippen molar-refractivity contribution in [3.63, 3.8) is 0 Å². The Bertz CT molecular complexity index is 373. The van der Waals surface area contributed by atoms with Gasteiger partial charge in [-0.3, -0.25) is 0 Å². The van der Waals surface area contributed by atoms with Gasteiger partial charge in [-0.1, -0.05) is 17.7 Å². The maximum absolute atomic E-state index is 5.38. The fraction of sp³-hybridized carbons (Fsp3) is 0.600. The molecule has 0 aliphatic carbocycles. The Morgan fingerprint density at radius 1 is 1.33 bits per heavy atom. The zero-order valence-electron chi connectivity index (χ0n) is 11.4. The van der Waals surface area contributed by atoms with E-state index in [-0.39, 0.29) is 0 Å². The number of methoxy groups -OCH3 is 1. The van der Waals surface area contributed by atoms with Crippen LogP contribution in [0.5, 0.6) is 5.75 Å². The Kier molecular flexibility index (Phi) is 5.02. The fourth-order valence-electron chi connectivity index (χ4n) is 2.41. The van der Waals surface area contributed by atoms with Crippen molar-refractivity contribution in [3.8, 4) is 5.75 Å². The number of hydrogen-bond donors (Lipinski definition) is 1. The molecule has 1 N–H and O–H groups in total. The number of rotatable bonds is 5. The third-order valence-corrected chi connectivity index (χ3v) is 3.53. The van der Waals surface area contributed by atoms with Gasteiger partial charge in [-0.05, 0) is 38.3 Å². The van der Waals surface area contributed by atoms with Crippen LogP contribution >= 0.6 is 0 Å². The first kappa shape index (κ1) is 13.4. The second-order valence-corrected chi connectivity index (χ2v) is 5.00. The van der Waals surface area contributed by atoms with Crippen LogP contribution in [0.3, 0.4) is 0 Å². The van der Waals surface area contributed by atoms with E-state index in [1.807, 2.05) is 6.07 Å². The van der Waals surface area contributed by atoms with Gasteiger partial charge in [0, 0.05) is 25.3 Å². The van der Waals surface area contributed by atoms with Crippen LogP contribution in [-0.2, 0) is 11.3 Å². The van der Waals surface area contributed by atoms with E-state index in [1.54, 1.807) is 7.11 Å². The molecule has 1 aliphatic rings. The molecule has 0 amide bonds. The summed E-state index contributed by atoms with van der Waals surface area (Å²) < 4.78 is 10.8. The van der Waals surface area contributed by atoms with E-state index in [4.69, 9.17) is 9.47 Å². The molecule has 1 saturated heterocycles. The molecule has 3 heteroatoms. The smallest absolute Gasteiger partial charge is 0.123 e. The van der Waals surface area contributed by atoms with Gasteiger partial charge in [0.05, 0.1) is 7.11 Å². The molecular formula is C15H23NO2. The molecule has 0 saturated carbocycles. The average molecular weight is 249 g/mol. The van der Waals surface area contributed by atoms with Crippen LogP contribution in [0.4, 0.5) is 0 Å². The summed E-state index contributed by atoms with van der Waals surface area (Å²) in [5.74, 6) is 1.73. The molecule has 1 heterocycles. The van der Waals surface area contributed by atoms with Gasteiger partial charge < -0.3 is 14.8 Å². The summed E-state index contributed by atoms with van der Waals surface area (Å²) in [4.78, 5) is 0. The lowest BCUT2D eigenvalue weighted by atomic mass is 10.0. The average Bonchev–Trinajstić information content (AvgIpc) is 2.40. The molecule has 0 unspecified atom stereocenters. The minimum atomic E-state index is 0.759. The van der Waals surface area contributed by atoms with Crippen molar-refractivity contribution in [1.29, 1.82) is 0 Å². The molecule has 0 aromatic heterocycles. The summed E-state index contributed by atoms with van der Waals surface area (Å²) in [6.45, 7) is 5.89. The second kappa shape index (κ2) is 6.76. The highest BCUT2D eigenvalue weighted by Gasteiger charge is 2.13.